The largest absolute Gasteiger partial charge is 0.493 e. The Hall–Kier alpha value is -6.24. The van der Waals surface area contributed by atoms with Gasteiger partial charge in [0.05, 0.1) is 37.6 Å². The molecule has 0 amide bonds. The van der Waals surface area contributed by atoms with Crippen LogP contribution in [0.25, 0.3) is 76.5 Å². The molecule has 0 saturated carbocycles. The first-order valence-corrected chi connectivity index (χ1v) is 40.0. The molecule has 0 unspecified atom stereocenters. The first-order chi connectivity index (χ1) is 47.5. The van der Waals surface area contributed by atoms with Crippen molar-refractivity contribution in [3.8, 4) is 99.5 Å². The van der Waals surface area contributed by atoms with Crippen molar-refractivity contribution in [1.82, 2.24) is 20.4 Å². The zero-order chi connectivity index (χ0) is 67.0. The molecule has 10 nitrogen and oxygen atoms in total. The predicted molar refractivity (Wildman–Crippen MR) is 406 cm³/mol. The van der Waals surface area contributed by atoms with Crippen LogP contribution >= 0.6 is 22.7 Å². The Labute approximate surface area is 586 Å². The molecule has 0 aliphatic heterocycles. The van der Waals surface area contributed by atoms with E-state index in [1.165, 1.54) is 198 Å². The molecule has 522 valence electrons. The summed E-state index contributed by atoms with van der Waals surface area (Å²) in [6, 6.07) is 34.0. The second kappa shape index (κ2) is 44.6. The van der Waals surface area contributed by atoms with Crippen LogP contribution in [0.1, 0.15) is 284 Å². The molecule has 0 aliphatic rings. The molecule has 4 aromatic heterocycles. The van der Waals surface area contributed by atoms with Crippen LogP contribution in [0.3, 0.4) is 0 Å². The molecule has 8 rings (SSSR count). The second-order valence-corrected chi connectivity index (χ2v) is 28.8. The minimum Gasteiger partial charge on any atom is -0.493 e. The molecule has 12 heteroatoms. The molecule has 0 spiro atoms. The van der Waals surface area contributed by atoms with E-state index in [4.69, 9.17) is 38.0 Å². The number of thiophene rings is 2. The standard InChI is InChI=1S/C84H118N4O6S2/c1-7-13-19-25-31-39-53-67-59-77(95-79(67)69-61-75(91-57-47-35-29-23-17-11-5)71(63-73(69)89-55-45-33-27-21-15-9-3)83-87-85-81(93-83)65-49-41-37-42-50-65)78-60-68(54-40-32-26-20-14-8-2)80(96-78)70-62-76(92-58-48-36-30-24-18-12-6)72(64-74(70)90-56-46-34-28-22-16-10-4)84-88-86-82(94-84)66-51-43-38-44-52-66/h37-38,41-44,49-52,59-64H,7-36,39-40,45-48,53-58H2,1-6H3. The van der Waals surface area contributed by atoms with Crippen molar-refractivity contribution in [3.05, 3.63) is 108 Å². The smallest absolute Gasteiger partial charge is 0.252 e. The van der Waals surface area contributed by atoms with Gasteiger partial charge in [-0.3, -0.25) is 0 Å². The Morgan fingerprint density at radius 3 is 0.854 bits per heavy atom. The maximum atomic E-state index is 7.12. The number of unbranched alkanes of at least 4 members (excludes halogenated alkanes) is 30. The molecule has 4 aromatic carbocycles. The Morgan fingerprint density at radius 2 is 0.542 bits per heavy atom. The molecule has 0 aliphatic carbocycles. The van der Waals surface area contributed by atoms with Gasteiger partial charge in [0.1, 0.15) is 23.0 Å². The number of hydrogen-bond donors (Lipinski definition) is 0. The summed E-state index contributed by atoms with van der Waals surface area (Å²) in [5.41, 5.74) is 8.13. The van der Waals surface area contributed by atoms with Gasteiger partial charge in [-0.2, -0.15) is 0 Å². The zero-order valence-corrected chi connectivity index (χ0v) is 61.6. The number of rotatable bonds is 53. The lowest BCUT2D eigenvalue weighted by Gasteiger charge is -2.17. The third kappa shape index (κ3) is 24.6. The molecule has 0 atom stereocenters. The van der Waals surface area contributed by atoms with Gasteiger partial charge in [0, 0.05) is 41.8 Å². The van der Waals surface area contributed by atoms with Crippen molar-refractivity contribution >= 4 is 22.7 Å². The highest BCUT2D eigenvalue weighted by molar-refractivity contribution is 7.25. The lowest BCUT2D eigenvalue weighted by molar-refractivity contribution is 0.297. The average Bonchev–Trinajstić information content (AvgIpc) is 1.55. The van der Waals surface area contributed by atoms with E-state index in [1.54, 1.807) is 0 Å². The fourth-order valence-corrected chi connectivity index (χ4v) is 15.3. The van der Waals surface area contributed by atoms with Gasteiger partial charge in [0.25, 0.3) is 11.8 Å². The molecule has 0 fully saturated rings. The first kappa shape index (κ1) is 75.5. The van der Waals surface area contributed by atoms with E-state index in [-0.39, 0.29) is 0 Å². The monoisotopic (exact) mass is 1340 g/mol. The van der Waals surface area contributed by atoms with E-state index in [0.717, 1.165) is 133 Å². The van der Waals surface area contributed by atoms with Gasteiger partial charge >= 0.3 is 0 Å². The van der Waals surface area contributed by atoms with E-state index < -0.39 is 0 Å². The van der Waals surface area contributed by atoms with E-state index in [2.05, 4.69) is 88.1 Å². The number of ether oxygens (including phenoxy) is 4. The van der Waals surface area contributed by atoms with Crippen LogP contribution in [0.4, 0.5) is 0 Å². The Bertz CT molecular complexity index is 3140. The van der Waals surface area contributed by atoms with Crippen LogP contribution in [-0.2, 0) is 12.8 Å². The summed E-state index contributed by atoms with van der Waals surface area (Å²) < 4.78 is 41.4. The lowest BCUT2D eigenvalue weighted by Crippen LogP contribution is -2.03. The van der Waals surface area contributed by atoms with E-state index >= 15 is 0 Å². The van der Waals surface area contributed by atoms with Crippen LogP contribution in [0, 0.1) is 0 Å². The Morgan fingerprint density at radius 1 is 0.281 bits per heavy atom. The maximum Gasteiger partial charge on any atom is 0.252 e. The number of benzene rings is 4. The van der Waals surface area contributed by atoms with Crippen molar-refractivity contribution in [1.29, 1.82) is 0 Å². The average molecular weight is 1340 g/mol. The minimum absolute atomic E-state index is 0.430. The number of aromatic nitrogens is 4. The Kier molecular flexibility index (Phi) is 35.1. The van der Waals surface area contributed by atoms with E-state index in [9.17, 15) is 0 Å². The van der Waals surface area contributed by atoms with E-state index in [1.807, 2.05) is 83.3 Å². The van der Waals surface area contributed by atoms with Crippen LogP contribution in [0.5, 0.6) is 23.0 Å². The number of nitrogens with zero attached hydrogens (tertiary/aromatic N) is 4. The Balaban J connectivity index is 1.27. The summed E-state index contributed by atoms with van der Waals surface area (Å²) in [5, 5.41) is 18.7. The minimum atomic E-state index is 0.430. The summed E-state index contributed by atoms with van der Waals surface area (Å²) in [7, 11) is 0. The summed E-state index contributed by atoms with van der Waals surface area (Å²) in [4.78, 5) is 5.01. The fourth-order valence-electron chi connectivity index (χ4n) is 12.7. The molecular weight excluding hydrogens is 1230 g/mol. The highest BCUT2D eigenvalue weighted by atomic mass is 32.1. The van der Waals surface area contributed by atoms with Crippen molar-refractivity contribution < 1.29 is 27.8 Å². The van der Waals surface area contributed by atoms with Crippen LogP contribution in [0.15, 0.2) is 106 Å². The highest BCUT2D eigenvalue weighted by Crippen LogP contribution is 2.52. The number of hydrogen-bond acceptors (Lipinski definition) is 12. The van der Waals surface area contributed by atoms with Gasteiger partial charge in [-0.25, -0.2) is 0 Å². The lowest BCUT2D eigenvalue weighted by atomic mass is 9.99. The summed E-state index contributed by atoms with van der Waals surface area (Å²) in [5.74, 6) is 4.98. The van der Waals surface area contributed by atoms with Gasteiger partial charge in [-0.1, -0.05) is 271 Å². The quantitative estimate of drug-likeness (QED) is 0.0341. The SMILES string of the molecule is CCCCCCCCOc1cc(-c2sc(-c3cc(CCCCCCCC)c(-c4cc(OCCCCCCCC)c(-c5nnc(-c6ccccc6)o5)cc4OCCCCCCCC)s3)cc2CCCCCCCC)c(OCCCCCCCC)cc1-c1nnc(-c2ccccc2)o1. The van der Waals surface area contributed by atoms with E-state index in [0.29, 0.717) is 50.0 Å². The third-order valence-corrected chi connectivity index (χ3v) is 21.1. The summed E-state index contributed by atoms with van der Waals surface area (Å²) in [6.07, 6.45) is 44.9. The maximum absolute atomic E-state index is 7.12. The first-order valence-electron chi connectivity index (χ1n) is 38.4. The van der Waals surface area contributed by atoms with Gasteiger partial charge in [0.2, 0.25) is 11.8 Å². The fraction of sp³-hybridized carbons (Fsp3) is 0.571. The summed E-state index contributed by atoms with van der Waals surface area (Å²) in [6.45, 7) is 16.1. The van der Waals surface area contributed by atoms with Gasteiger partial charge in [-0.15, -0.1) is 43.1 Å². The van der Waals surface area contributed by atoms with Crippen molar-refractivity contribution in [2.75, 3.05) is 26.4 Å². The van der Waals surface area contributed by atoms with Crippen LogP contribution in [-0.4, -0.2) is 46.8 Å². The normalized spacial score (nSPS) is 11.5. The second-order valence-electron chi connectivity index (χ2n) is 26.7. The molecule has 0 saturated heterocycles. The zero-order valence-electron chi connectivity index (χ0n) is 60.0. The third-order valence-electron chi connectivity index (χ3n) is 18.5. The number of aryl methyl sites for hydroxylation is 2. The van der Waals surface area contributed by atoms with Crippen molar-refractivity contribution in [2.24, 2.45) is 0 Å². The van der Waals surface area contributed by atoms with Gasteiger partial charge in [-0.05, 0) is 123 Å². The molecular formula is C84H118N4O6S2. The molecule has 8 aromatic rings. The molecule has 4 heterocycles. The topological polar surface area (TPSA) is 115 Å². The van der Waals surface area contributed by atoms with Crippen LogP contribution in [0.2, 0.25) is 0 Å². The van der Waals surface area contributed by atoms with Gasteiger partial charge < -0.3 is 27.8 Å². The van der Waals surface area contributed by atoms with Crippen molar-refractivity contribution in [2.45, 2.75) is 286 Å². The molecule has 0 N–H and O–H groups in total. The summed E-state index contributed by atoms with van der Waals surface area (Å²) >= 11 is 3.81. The predicted octanol–water partition coefficient (Wildman–Crippen LogP) is 27.0. The van der Waals surface area contributed by atoms with Gasteiger partial charge in [0.15, 0.2) is 0 Å². The van der Waals surface area contributed by atoms with Crippen molar-refractivity contribution in [3.63, 3.8) is 0 Å². The molecule has 0 bridgehead atoms. The molecule has 96 heavy (non-hydrogen) atoms. The highest BCUT2D eigenvalue weighted by Gasteiger charge is 2.27. The van der Waals surface area contributed by atoms with Crippen LogP contribution < -0.4 is 18.9 Å². The molecule has 0 radical (unpaired) electrons.